The van der Waals surface area contributed by atoms with Crippen molar-refractivity contribution in [1.29, 1.82) is 0 Å². The molecule has 1 unspecified atom stereocenters. The maximum Gasteiger partial charge on any atom is 0.227 e. The van der Waals surface area contributed by atoms with Gasteiger partial charge in [-0.3, -0.25) is 14.9 Å². The zero-order chi connectivity index (χ0) is 20.2. The third-order valence-electron chi connectivity index (χ3n) is 5.46. The van der Waals surface area contributed by atoms with Gasteiger partial charge in [0.25, 0.3) is 0 Å². The Bertz CT molecular complexity index is 947. The van der Waals surface area contributed by atoms with Gasteiger partial charge in [0.05, 0.1) is 11.9 Å². The predicted octanol–water partition coefficient (Wildman–Crippen LogP) is 2.28. The van der Waals surface area contributed by atoms with Gasteiger partial charge in [-0.2, -0.15) is 10.1 Å². The molecular weight excluding hydrogens is 370 g/mol. The second-order valence-electron chi connectivity index (χ2n) is 7.57. The number of rotatable bonds is 6. The molecule has 1 aliphatic rings. The molecule has 3 aromatic heterocycles. The second-order valence-corrected chi connectivity index (χ2v) is 7.57. The number of carbonyl (C=O) groups is 1. The van der Waals surface area contributed by atoms with Crippen molar-refractivity contribution in [1.82, 2.24) is 35.2 Å². The number of likely N-dealkylation sites (tertiary alicyclic amines) is 1. The van der Waals surface area contributed by atoms with E-state index in [2.05, 4.69) is 30.3 Å². The predicted molar refractivity (Wildman–Crippen MR) is 105 cm³/mol. The number of nitrogens with zero attached hydrogens (tertiary/aromatic N) is 6. The Morgan fingerprint density at radius 2 is 2.24 bits per heavy atom. The molecule has 0 spiro atoms. The van der Waals surface area contributed by atoms with Gasteiger partial charge in [0.15, 0.2) is 0 Å². The molecule has 1 saturated heterocycles. The highest BCUT2D eigenvalue weighted by atomic mass is 16.5. The number of piperidine rings is 1. The van der Waals surface area contributed by atoms with Gasteiger partial charge >= 0.3 is 0 Å². The molecular formula is C20H25N7O2. The summed E-state index contributed by atoms with van der Waals surface area (Å²) in [5.41, 5.74) is 3.76. The third kappa shape index (κ3) is 4.49. The van der Waals surface area contributed by atoms with E-state index >= 15 is 0 Å². The Balaban J connectivity index is 1.32. The molecule has 0 saturated carbocycles. The summed E-state index contributed by atoms with van der Waals surface area (Å²) >= 11 is 0. The molecule has 0 aromatic carbocycles. The van der Waals surface area contributed by atoms with Crippen molar-refractivity contribution < 1.29 is 9.32 Å². The van der Waals surface area contributed by atoms with Crippen LogP contribution in [0.1, 0.15) is 42.1 Å². The topological polar surface area (TPSA) is 114 Å². The fraction of sp³-hybridized carbons (Fsp3) is 0.500. The Labute approximate surface area is 168 Å². The molecule has 3 aromatic rings. The summed E-state index contributed by atoms with van der Waals surface area (Å²) in [6, 6.07) is 0. The van der Waals surface area contributed by atoms with Gasteiger partial charge in [-0.05, 0) is 44.6 Å². The first-order chi connectivity index (χ1) is 14.1. The maximum atomic E-state index is 12.7. The molecule has 152 valence electrons. The van der Waals surface area contributed by atoms with E-state index in [0.717, 1.165) is 49.3 Å². The van der Waals surface area contributed by atoms with Gasteiger partial charge in [-0.25, -0.2) is 4.98 Å². The zero-order valence-corrected chi connectivity index (χ0v) is 16.8. The first kappa shape index (κ1) is 19.2. The lowest BCUT2D eigenvalue weighted by Crippen LogP contribution is -2.40. The monoisotopic (exact) mass is 395 g/mol. The minimum Gasteiger partial charge on any atom is -0.342 e. The number of amides is 1. The normalized spacial score (nSPS) is 16.9. The summed E-state index contributed by atoms with van der Waals surface area (Å²) in [5, 5.41) is 11.2. The summed E-state index contributed by atoms with van der Waals surface area (Å²) in [5.74, 6) is 1.54. The van der Waals surface area contributed by atoms with E-state index in [4.69, 9.17) is 4.52 Å². The van der Waals surface area contributed by atoms with Gasteiger partial charge in [-0.1, -0.05) is 5.16 Å². The van der Waals surface area contributed by atoms with E-state index in [9.17, 15) is 4.79 Å². The highest BCUT2D eigenvalue weighted by molar-refractivity contribution is 5.76. The average molecular weight is 395 g/mol. The molecule has 9 nitrogen and oxygen atoms in total. The van der Waals surface area contributed by atoms with Crippen LogP contribution in [0.5, 0.6) is 0 Å². The van der Waals surface area contributed by atoms with E-state index in [1.54, 1.807) is 18.6 Å². The zero-order valence-electron chi connectivity index (χ0n) is 16.8. The van der Waals surface area contributed by atoms with E-state index in [1.807, 2.05) is 18.7 Å². The Morgan fingerprint density at radius 3 is 3.00 bits per heavy atom. The number of aromatic amines is 1. The lowest BCUT2D eigenvalue weighted by Gasteiger charge is -2.32. The third-order valence-corrected chi connectivity index (χ3v) is 5.46. The first-order valence-corrected chi connectivity index (χ1v) is 9.97. The Hall–Kier alpha value is -3.10. The number of hydrogen-bond donors (Lipinski definition) is 1. The SMILES string of the molecule is Cc1n[nH]c(C)c1CCC(=O)N1CCCC(Cc2nc(-c3cnccn3)no2)C1. The Kier molecular flexibility index (Phi) is 5.64. The maximum absolute atomic E-state index is 12.7. The van der Waals surface area contributed by atoms with Gasteiger partial charge in [0, 0.05) is 44.0 Å². The van der Waals surface area contributed by atoms with Crippen molar-refractivity contribution in [2.45, 2.75) is 46.0 Å². The molecule has 1 aliphatic heterocycles. The van der Waals surface area contributed by atoms with Gasteiger partial charge in [0.1, 0.15) is 5.69 Å². The largest absolute Gasteiger partial charge is 0.342 e. The minimum absolute atomic E-state index is 0.195. The van der Waals surface area contributed by atoms with E-state index < -0.39 is 0 Å². The standard InChI is InChI=1S/C20H25N7O2/c1-13-16(14(2)25-24-13)5-6-19(28)27-9-3-4-15(12-27)10-18-23-20(26-29-18)17-11-21-7-8-22-17/h7-8,11,15H,3-6,9-10,12H2,1-2H3,(H,24,25). The second kappa shape index (κ2) is 8.50. The Morgan fingerprint density at radius 1 is 1.34 bits per heavy atom. The van der Waals surface area contributed by atoms with Crippen LogP contribution in [0.15, 0.2) is 23.1 Å². The molecule has 4 rings (SSSR count). The summed E-state index contributed by atoms with van der Waals surface area (Å²) < 4.78 is 5.40. The van der Waals surface area contributed by atoms with Gasteiger partial charge in [-0.15, -0.1) is 0 Å². The van der Waals surface area contributed by atoms with Crippen LogP contribution < -0.4 is 0 Å². The summed E-state index contributed by atoms with van der Waals surface area (Å²) in [6.45, 7) is 5.51. The van der Waals surface area contributed by atoms with Crippen LogP contribution in [-0.2, 0) is 17.6 Å². The van der Waals surface area contributed by atoms with Crippen molar-refractivity contribution >= 4 is 5.91 Å². The van der Waals surface area contributed by atoms with Crippen molar-refractivity contribution in [2.24, 2.45) is 5.92 Å². The van der Waals surface area contributed by atoms with Crippen LogP contribution in [0.2, 0.25) is 0 Å². The lowest BCUT2D eigenvalue weighted by molar-refractivity contribution is -0.133. The molecule has 1 amide bonds. The lowest BCUT2D eigenvalue weighted by atomic mass is 9.94. The van der Waals surface area contributed by atoms with Crippen molar-refractivity contribution in [3.63, 3.8) is 0 Å². The molecule has 9 heteroatoms. The number of carbonyl (C=O) groups excluding carboxylic acids is 1. The quantitative estimate of drug-likeness (QED) is 0.681. The summed E-state index contributed by atoms with van der Waals surface area (Å²) in [6.07, 6.45) is 8.74. The molecule has 4 heterocycles. The van der Waals surface area contributed by atoms with E-state index in [1.165, 1.54) is 0 Å². The van der Waals surface area contributed by atoms with Crippen molar-refractivity contribution in [3.05, 3.63) is 41.4 Å². The van der Waals surface area contributed by atoms with Gasteiger partial charge < -0.3 is 9.42 Å². The molecule has 1 atom stereocenters. The molecule has 1 fully saturated rings. The fourth-order valence-corrected chi connectivity index (χ4v) is 3.89. The highest BCUT2D eigenvalue weighted by Crippen LogP contribution is 2.22. The summed E-state index contributed by atoms with van der Waals surface area (Å²) in [7, 11) is 0. The number of aromatic nitrogens is 6. The average Bonchev–Trinajstić information content (AvgIpc) is 3.33. The van der Waals surface area contributed by atoms with Crippen LogP contribution in [0.3, 0.4) is 0 Å². The van der Waals surface area contributed by atoms with Crippen LogP contribution in [0, 0.1) is 19.8 Å². The van der Waals surface area contributed by atoms with Crippen LogP contribution in [0.4, 0.5) is 0 Å². The van der Waals surface area contributed by atoms with E-state index in [0.29, 0.717) is 36.2 Å². The molecule has 0 radical (unpaired) electrons. The van der Waals surface area contributed by atoms with Gasteiger partial charge in [0.2, 0.25) is 17.6 Å². The molecule has 0 bridgehead atoms. The smallest absolute Gasteiger partial charge is 0.227 e. The van der Waals surface area contributed by atoms with Crippen LogP contribution >= 0.6 is 0 Å². The first-order valence-electron chi connectivity index (χ1n) is 9.97. The number of hydrogen-bond acceptors (Lipinski definition) is 7. The van der Waals surface area contributed by atoms with Crippen molar-refractivity contribution in [3.8, 4) is 11.5 Å². The molecule has 29 heavy (non-hydrogen) atoms. The fourth-order valence-electron chi connectivity index (χ4n) is 3.89. The molecule has 0 aliphatic carbocycles. The number of H-pyrrole nitrogens is 1. The minimum atomic E-state index is 0.195. The van der Waals surface area contributed by atoms with Crippen molar-refractivity contribution in [2.75, 3.05) is 13.1 Å². The summed E-state index contributed by atoms with van der Waals surface area (Å²) in [4.78, 5) is 27.4. The molecule has 1 N–H and O–H groups in total. The number of aryl methyl sites for hydroxylation is 2. The highest BCUT2D eigenvalue weighted by Gasteiger charge is 2.26. The van der Waals surface area contributed by atoms with Crippen LogP contribution in [-0.4, -0.2) is 54.2 Å². The van der Waals surface area contributed by atoms with E-state index in [-0.39, 0.29) is 5.91 Å². The number of nitrogens with one attached hydrogen (secondary N) is 1. The van der Waals surface area contributed by atoms with Crippen LogP contribution in [0.25, 0.3) is 11.5 Å².